The van der Waals surface area contributed by atoms with Crippen molar-refractivity contribution in [3.63, 3.8) is 0 Å². The molecular formula is C15H12ClF2N3OS. The predicted octanol–water partition coefficient (Wildman–Crippen LogP) is 3.69. The first-order chi connectivity index (χ1) is 10.9. The standard InChI is InChI=1S/C15H12ClF2N3OS/c1-20(6-9-2-3-14(16)23-9)15(22)7-21-8-19-12-4-10(17)11(18)5-13(12)21/h2-5,8H,6-7H2,1H3. The third-order valence-corrected chi connectivity index (χ3v) is 4.63. The van der Waals surface area contributed by atoms with Gasteiger partial charge < -0.3 is 9.47 Å². The summed E-state index contributed by atoms with van der Waals surface area (Å²) in [5.74, 6) is -2.09. The number of hydrogen-bond donors (Lipinski definition) is 0. The van der Waals surface area contributed by atoms with E-state index in [0.717, 1.165) is 17.0 Å². The van der Waals surface area contributed by atoms with E-state index in [9.17, 15) is 13.6 Å². The summed E-state index contributed by atoms with van der Waals surface area (Å²) in [5.41, 5.74) is 0.689. The maximum absolute atomic E-state index is 13.4. The highest BCUT2D eigenvalue weighted by Gasteiger charge is 2.14. The molecule has 0 saturated carbocycles. The zero-order valence-corrected chi connectivity index (χ0v) is 13.7. The summed E-state index contributed by atoms with van der Waals surface area (Å²) in [5, 5.41) is 0. The third kappa shape index (κ3) is 3.35. The van der Waals surface area contributed by atoms with E-state index >= 15 is 0 Å². The molecule has 8 heteroatoms. The Hall–Kier alpha value is -1.99. The van der Waals surface area contributed by atoms with Gasteiger partial charge in [-0.05, 0) is 12.1 Å². The molecule has 2 aromatic heterocycles. The molecule has 3 aromatic rings. The van der Waals surface area contributed by atoms with Crippen molar-refractivity contribution >= 4 is 39.9 Å². The Kier molecular flexibility index (Phi) is 4.32. The summed E-state index contributed by atoms with van der Waals surface area (Å²) in [6.45, 7) is 0.434. The number of halogens is 3. The molecule has 2 heterocycles. The van der Waals surface area contributed by atoms with E-state index in [1.807, 2.05) is 6.07 Å². The fraction of sp³-hybridized carbons (Fsp3) is 0.200. The van der Waals surface area contributed by atoms with Gasteiger partial charge in [-0.1, -0.05) is 11.6 Å². The molecule has 0 aliphatic carbocycles. The third-order valence-electron chi connectivity index (χ3n) is 3.42. The molecule has 0 radical (unpaired) electrons. The Labute approximate surface area is 139 Å². The van der Waals surface area contributed by atoms with Gasteiger partial charge in [-0.25, -0.2) is 13.8 Å². The quantitative estimate of drug-likeness (QED) is 0.716. The maximum atomic E-state index is 13.4. The van der Waals surface area contributed by atoms with Gasteiger partial charge in [0.25, 0.3) is 0 Å². The van der Waals surface area contributed by atoms with Crippen LogP contribution in [0.25, 0.3) is 11.0 Å². The predicted molar refractivity (Wildman–Crippen MR) is 85.5 cm³/mol. The number of likely N-dealkylation sites (N-methyl/N-ethyl adjacent to an activating group) is 1. The summed E-state index contributed by atoms with van der Waals surface area (Å²) in [7, 11) is 1.68. The van der Waals surface area contributed by atoms with E-state index in [2.05, 4.69) is 4.98 Å². The van der Waals surface area contributed by atoms with Crippen molar-refractivity contribution in [1.82, 2.24) is 14.5 Å². The molecule has 1 aromatic carbocycles. The summed E-state index contributed by atoms with van der Waals surface area (Å²) in [6.07, 6.45) is 1.40. The molecule has 0 atom stereocenters. The molecule has 0 unspecified atom stereocenters. The van der Waals surface area contributed by atoms with Crippen LogP contribution in [0.2, 0.25) is 4.34 Å². The van der Waals surface area contributed by atoms with E-state index in [0.29, 0.717) is 21.9 Å². The SMILES string of the molecule is CN(Cc1ccc(Cl)s1)C(=O)Cn1cnc2cc(F)c(F)cc21. The lowest BCUT2D eigenvalue weighted by atomic mass is 10.3. The van der Waals surface area contributed by atoms with Gasteiger partial charge in [-0.15, -0.1) is 11.3 Å². The number of benzene rings is 1. The highest BCUT2D eigenvalue weighted by atomic mass is 35.5. The van der Waals surface area contributed by atoms with Gasteiger partial charge in [0.1, 0.15) is 6.54 Å². The van der Waals surface area contributed by atoms with Crippen LogP contribution in [-0.4, -0.2) is 27.4 Å². The molecule has 120 valence electrons. The molecule has 0 spiro atoms. The maximum Gasteiger partial charge on any atom is 0.242 e. The second kappa shape index (κ2) is 6.25. The summed E-state index contributed by atoms with van der Waals surface area (Å²) < 4.78 is 28.7. The first-order valence-electron chi connectivity index (χ1n) is 6.72. The van der Waals surface area contributed by atoms with Crippen molar-refractivity contribution in [2.45, 2.75) is 13.1 Å². The molecule has 0 N–H and O–H groups in total. The van der Waals surface area contributed by atoms with Crippen LogP contribution >= 0.6 is 22.9 Å². The van der Waals surface area contributed by atoms with Crippen molar-refractivity contribution in [1.29, 1.82) is 0 Å². The highest BCUT2D eigenvalue weighted by molar-refractivity contribution is 7.16. The largest absolute Gasteiger partial charge is 0.339 e. The van der Waals surface area contributed by atoms with Crippen LogP contribution in [0.4, 0.5) is 8.78 Å². The van der Waals surface area contributed by atoms with Crippen molar-refractivity contribution in [2.24, 2.45) is 0 Å². The minimum Gasteiger partial charge on any atom is -0.339 e. The lowest BCUT2D eigenvalue weighted by Crippen LogP contribution is -2.29. The highest BCUT2D eigenvalue weighted by Crippen LogP contribution is 2.22. The van der Waals surface area contributed by atoms with Gasteiger partial charge in [0.05, 0.1) is 28.2 Å². The Balaban J connectivity index is 1.76. The van der Waals surface area contributed by atoms with E-state index in [-0.39, 0.29) is 12.5 Å². The van der Waals surface area contributed by atoms with Crippen LogP contribution in [-0.2, 0) is 17.9 Å². The van der Waals surface area contributed by atoms with Crippen LogP contribution in [0.15, 0.2) is 30.6 Å². The first kappa shape index (κ1) is 15.9. The number of imidazole rings is 1. The van der Waals surface area contributed by atoms with Crippen molar-refractivity contribution in [2.75, 3.05) is 7.05 Å². The molecule has 0 fully saturated rings. The number of amides is 1. The second-order valence-electron chi connectivity index (χ2n) is 5.08. The minimum atomic E-state index is -0.965. The van der Waals surface area contributed by atoms with Crippen LogP contribution in [0.5, 0.6) is 0 Å². The molecule has 4 nitrogen and oxygen atoms in total. The number of carbonyl (C=O) groups excluding carboxylic acids is 1. The number of aromatic nitrogens is 2. The van der Waals surface area contributed by atoms with Crippen LogP contribution in [0, 0.1) is 11.6 Å². The lowest BCUT2D eigenvalue weighted by Gasteiger charge is -2.16. The van der Waals surface area contributed by atoms with Crippen molar-refractivity contribution in [3.05, 3.63) is 51.4 Å². The monoisotopic (exact) mass is 355 g/mol. The van der Waals surface area contributed by atoms with Gasteiger partial charge in [0.15, 0.2) is 11.6 Å². The van der Waals surface area contributed by atoms with Crippen LogP contribution in [0.1, 0.15) is 4.88 Å². The number of fused-ring (bicyclic) bond motifs is 1. The van der Waals surface area contributed by atoms with Crippen LogP contribution in [0.3, 0.4) is 0 Å². The van der Waals surface area contributed by atoms with Crippen LogP contribution < -0.4 is 0 Å². The fourth-order valence-electron chi connectivity index (χ4n) is 2.20. The van der Waals surface area contributed by atoms with E-state index < -0.39 is 11.6 Å². The van der Waals surface area contributed by atoms with E-state index in [1.54, 1.807) is 18.0 Å². The molecule has 0 aliphatic heterocycles. The van der Waals surface area contributed by atoms with Gasteiger partial charge >= 0.3 is 0 Å². The number of rotatable bonds is 4. The topological polar surface area (TPSA) is 38.1 Å². The minimum absolute atomic E-state index is 0.00280. The van der Waals surface area contributed by atoms with Gasteiger partial charge in [0.2, 0.25) is 5.91 Å². The number of thiophene rings is 1. The smallest absolute Gasteiger partial charge is 0.242 e. The number of nitrogens with zero attached hydrogens (tertiary/aromatic N) is 3. The summed E-state index contributed by atoms with van der Waals surface area (Å²) >= 11 is 7.28. The zero-order chi connectivity index (χ0) is 16.6. The molecule has 3 rings (SSSR count). The normalized spacial score (nSPS) is 11.1. The Bertz CT molecular complexity index is 877. The summed E-state index contributed by atoms with van der Waals surface area (Å²) in [4.78, 5) is 18.8. The molecule has 0 saturated heterocycles. The molecule has 1 amide bonds. The Morgan fingerprint density at radius 1 is 1.35 bits per heavy atom. The van der Waals surface area contributed by atoms with E-state index in [1.165, 1.54) is 22.2 Å². The molecule has 0 aliphatic rings. The van der Waals surface area contributed by atoms with Gasteiger partial charge in [0, 0.05) is 24.1 Å². The number of carbonyl (C=O) groups is 1. The molecule has 23 heavy (non-hydrogen) atoms. The van der Waals surface area contributed by atoms with Crippen molar-refractivity contribution < 1.29 is 13.6 Å². The lowest BCUT2D eigenvalue weighted by molar-refractivity contribution is -0.130. The average Bonchev–Trinajstić information content (AvgIpc) is 3.07. The summed E-state index contributed by atoms with van der Waals surface area (Å²) in [6, 6.07) is 5.70. The van der Waals surface area contributed by atoms with Gasteiger partial charge in [-0.2, -0.15) is 0 Å². The first-order valence-corrected chi connectivity index (χ1v) is 7.91. The average molecular weight is 356 g/mol. The molecule has 0 bridgehead atoms. The second-order valence-corrected chi connectivity index (χ2v) is 6.88. The van der Waals surface area contributed by atoms with Crippen molar-refractivity contribution in [3.8, 4) is 0 Å². The number of hydrogen-bond acceptors (Lipinski definition) is 3. The zero-order valence-electron chi connectivity index (χ0n) is 12.1. The Morgan fingerprint density at radius 3 is 2.78 bits per heavy atom. The fourth-order valence-corrected chi connectivity index (χ4v) is 3.35. The van der Waals surface area contributed by atoms with Gasteiger partial charge in [-0.3, -0.25) is 4.79 Å². The van der Waals surface area contributed by atoms with E-state index in [4.69, 9.17) is 11.6 Å². The Morgan fingerprint density at radius 2 is 2.09 bits per heavy atom. The molecular weight excluding hydrogens is 344 g/mol.